The van der Waals surface area contributed by atoms with Gasteiger partial charge in [-0.3, -0.25) is 0 Å². The minimum Gasteiger partial charge on any atom is -0.328 e. The molecule has 12 heavy (non-hydrogen) atoms. The first-order valence-corrected chi connectivity index (χ1v) is 6.11. The summed E-state index contributed by atoms with van der Waals surface area (Å²) in [4.78, 5) is 0. The molecule has 2 heteroatoms. The minimum atomic E-state index is 0.385. The van der Waals surface area contributed by atoms with Crippen LogP contribution in [0.15, 0.2) is 0 Å². The molecule has 0 fully saturated rings. The second-order valence-electron chi connectivity index (χ2n) is 3.91. The predicted molar refractivity (Wildman–Crippen MR) is 59.7 cm³/mol. The summed E-state index contributed by atoms with van der Waals surface area (Å²) in [5.74, 6) is 3.45. The van der Waals surface area contributed by atoms with Crippen molar-refractivity contribution in [3.63, 3.8) is 0 Å². The molecule has 0 aliphatic rings. The first-order valence-electron chi connectivity index (χ1n) is 4.96. The molecule has 0 aromatic rings. The van der Waals surface area contributed by atoms with Gasteiger partial charge in [-0.05, 0) is 43.6 Å². The molecule has 0 saturated heterocycles. The van der Waals surface area contributed by atoms with Gasteiger partial charge in [0.2, 0.25) is 0 Å². The Morgan fingerprint density at radius 3 is 2.25 bits per heavy atom. The van der Waals surface area contributed by atoms with Gasteiger partial charge >= 0.3 is 0 Å². The highest BCUT2D eigenvalue weighted by atomic mass is 32.2. The largest absolute Gasteiger partial charge is 0.328 e. The lowest BCUT2D eigenvalue weighted by Crippen LogP contribution is -2.14. The van der Waals surface area contributed by atoms with Gasteiger partial charge in [-0.2, -0.15) is 11.8 Å². The molecule has 0 rings (SSSR count). The fourth-order valence-corrected chi connectivity index (χ4v) is 2.14. The summed E-state index contributed by atoms with van der Waals surface area (Å²) >= 11 is 2.07. The fourth-order valence-electron chi connectivity index (χ4n) is 0.928. The lowest BCUT2D eigenvalue weighted by Gasteiger charge is -2.05. The smallest absolute Gasteiger partial charge is 0.00107 e. The molecule has 0 aromatic heterocycles. The molecule has 0 saturated carbocycles. The summed E-state index contributed by atoms with van der Waals surface area (Å²) in [5.41, 5.74) is 5.65. The molecule has 0 radical (unpaired) electrons. The quantitative estimate of drug-likeness (QED) is 0.623. The highest BCUT2D eigenvalue weighted by Crippen LogP contribution is 2.10. The van der Waals surface area contributed by atoms with Crippen LogP contribution in [-0.4, -0.2) is 17.5 Å². The average Bonchev–Trinajstić information content (AvgIpc) is 1.95. The summed E-state index contributed by atoms with van der Waals surface area (Å²) in [6, 6.07) is 0.385. The second-order valence-corrected chi connectivity index (χ2v) is 5.14. The van der Waals surface area contributed by atoms with Gasteiger partial charge < -0.3 is 5.73 Å². The summed E-state index contributed by atoms with van der Waals surface area (Å²) in [6.07, 6.45) is 3.80. The number of hydrogen-bond acceptors (Lipinski definition) is 2. The van der Waals surface area contributed by atoms with Crippen molar-refractivity contribution >= 4 is 11.8 Å². The van der Waals surface area contributed by atoms with Crippen LogP contribution in [0.1, 0.15) is 40.0 Å². The number of rotatable bonds is 7. The highest BCUT2D eigenvalue weighted by molar-refractivity contribution is 7.99. The first-order chi connectivity index (χ1) is 5.63. The zero-order chi connectivity index (χ0) is 9.40. The lowest BCUT2D eigenvalue weighted by molar-refractivity contribution is 0.630. The Kier molecular flexibility index (Phi) is 8.14. The maximum atomic E-state index is 5.65. The summed E-state index contributed by atoms with van der Waals surface area (Å²) < 4.78 is 0. The molecule has 0 bridgehead atoms. The Balaban J connectivity index is 2.91. The van der Waals surface area contributed by atoms with Crippen LogP contribution in [0.5, 0.6) is 0 Å². The van der Waals surface area contributed by atoms with Gasteiger partial charge in [-0.25, -0.2) is 0 Å². The van der Waals surface area contributed by atoms with E-state index in [1.54, 1.807) is 0 Å². The molecule has 0 amide bonds. The molecule has 1 nitrogen and oxygen atoms in total. The number of nitrogens with two attached hydrogens (primary N) is 1. The van der Waals surface area contributed by atoms with Crippen LogP contribution in [0.25, 0.3) is 0 Å². The zero-order valence-electron chi connectivity index (χ0n) is 8.68. The van der Waals surface area contributed by atoms with Crippen molar-refractivity contribution in [2.24, 2.45) is 11.7 Å². The van der Waals surface area contributed by atoms with E-state index in [4.69, 9.17) is 5.73 Å². The van der Waals surface area contributed by atoms with Crippen LogP contribution < -0.4 is 5.73 Å². The second kappa shape index (κ2) is 7.93. The molecule has 0 aliphatic carbocycles. The van der Waals surface area contributed by atoms with E-state index in [1.165, 1.54) is 30.8 Å². The van der Waals surface area contributed by atoms with Gasteiger partial charge in [0, 0.05) is 6.04 Å². The predicted octanol–water partition coefficient (Wildman–Crippen LogP) is 2.89. The lowest BCUT2D eigenvalue weighted by atomic mass is 10.2. The third-order valence-electron chi connectivity index (χ3n) is 1.79. The Bertz CT molecular complexity index is 79.8. The van der Waals surface area contributed by atoms with Gasteiger partial charge in [-0.1, -0.05) is 13.8 Å². The summed E-state index contributed by atoms with van der Waals surface area (Å²) in [7, 11) is 0. The van der Waals surface area contributed by atoms with Crippen molar-refractivity contribution in [3.8, 4) is 0 Å². The molecule has 2 N–H and O–H groups in total. The van der Waals surface area contributed by atoms with Crippen LogP contribution in [0, 0.1) is 5.92 Å². The molecular formula is C10H23NS. The van der Waals surface area contributed by atoms with Gasteiger partial charge in [-0.15, -0.1) is 0 Å². The monoisotopic (exact) mass is 189 g/mol. The summed E-state index contributed by atoms with van der Waals surface area (Å²) in [5, 5.41) is 0. The minimum absolute atomic E-state index is 0.385. The third-order valence-corrected chi connectivity index (χ3v) is 2.89. The van der Waals surface area contributed by atoms with Gasteiger partial charge in [0.25, 0.3) is 0 Å². The van der Waals surface area contributed by atoms with Crippen molar-refractivity contribution in [3.05, 3.63) is 0 Å². The highest BCUT2D eigenvalue weighted by Gasteiger charge is 1.96. The van der Waals surface area contributed by atoms with E-state index >= 15 is 0 Å². The van der Waals surface area contributed by atoms with E-state index in [9.17, 15) is 0 Å². The van der Waals surface area contributed by atoms with Crippen molar-refractivity contribution < 1.29 is 0 Å². The third kappa shape index (κ3) is 10.3. The average molecular weight is 189 g/mol. The van der Waals surface area contributed by atoms with E-state index in [2.05, 4.69) is 32.5 Å². The first kappa shape index (κ1) is 12.3. The van der Waals surface area contributed by atoms with E-state index in [0.29, 0.717) is 6.04 Å². The zero-order valence-corrected chi connectivity index (χ0v) is 9.49. The van der Waals surface area contributed by atoms with Crippen LogP contribution in [-0.2, 0) is 0 Å². The molecule has 0 heterocycles. The molecular weight excluding hydrogens is 166 g/mol. The maximum absolute atomic E-state index is 5.65. The normalized spacial score (nSPS) is 13.8. The van der Waals surface area contributed by atoms with E-state index < -0.39 is 0 Å². The Morgan fingerprint density at radius 1 is 1.08 bits per heavy atom. The standard InChI is InChI=1S/C10H23NS/c1-9(2)6-8-12-7-4-5-10(3)11/h9-10H,4-8,11H2,1-3H3. The molecule has 1 atom stereocenters. The van der Waals surface area contributed by atoms with Crippen molar-refractivity contribution in [1.82, 2.24) is 0 Å². The van der Waals surface area contributed by atoms with Gasteiger partial charge in [0.05, 0.1) is 0 Å². The van der Waals surface area contributed by atoms with E-state index in [0.717, 1.165) is 5.92 Å². The Hall–Kier alpha value is 0.310. The molecule has 74 valence electrons. The van der Waals surface area contributed by atoms with Crippen LogP contribution in [0.4, 0.5) is 0 Å². The van der Waals surface area contributed by atoms with Gasteiger partial charge in [0.15, 0.2) is 0 Å². The molecule has 0 aliphatic heterocycles. The maximum Gasteiger partial charge on any atom is 0.00107 e. The van der Waals surface area contributed by atoms with Crippen LogP contribution >= 0.6 is 11.8 Å². The number of thioether (sulfide) groups is 1. The van der Waals surface area contributed by atoms with Crippen molar-refractivity contribution in [2.45, 2.75) is 46.1 Å². The Labute approximate surface area is 81.5 Å². The topological polar surface area (TPSA) is 26.0 Å². The molecule has 0 aromatic carbocycles. The SMILES string of the molecule is CC(C)CCSCCCC(C)N. The van der Waals surface area contributed by atoms with Crippen molar-refractivity contribution in [1.29, 1.82) is 0 Å². The van der Waals surface area contributed by atoms with E-state index in [1.807, 2.05) is 0 Å². The van der Waals surface area contributed by atoms with E-state index in [-0.39, 0.29) is 0 Å². The molecule has 0 spiro atoms. The molecule has 1 unspecified atom stereocenters. The van der Waals surface area contributed by atoms with Crippen LogP contribution in [0.3, 0.4) is 0 Å². The van der Waals surface area contributed by atoms with Crippen molar-refractivity contribution in [2.75, 3.05) is 11.5 Å². The Morgan fingerprint density at radius 2 is 1.75 bits per heavy atom. The van der Waals surface area contributed by atoms with Crippen LogP contribution in [0.2, 0.25) is 0 Å². The fraction of sp³-hybridized carbons (Fsp3) is 1.00. The number of hydrogen-bond donors (Lipinski definition) is 1. The summed E-state index contributed by atoms with van der Waals surface area (Å²) in [6.45, 7) is 6.64. The van der Waals surface area contributed by atoms with Gasteiger partial charge in [0.1, 0.15) is 0 Å².